The minimum atomic E-state index is -0.861. The second-order valence-electron chi connectivity index (χ2n) is 1.22. The van der Waals surface area contributed by atoms with Gasteiger partial charge in [0.15, 0.2) is 10.1 Å². The summed E-state index contributed by atoms with van der Waals surface area (Å²) in [5.41, 5.74) is 0. The van der Waals surface area contributed by atoms with Crippen molar-refractivity contribution in [3.05, 3.63) is 0 Å². The summed E-state index contributed by atoms with van der Waals surface area (Å²) in [5, 5.41) is 0. The van der Waals surface area contributed by atoms with Crippen molar-refractivity contribution in [3.8, 4) is 0 Å². The summed E-state index contributed by atoms with van der Waals surface area (Å²) in [6.07, 6.45) is 0. The molecule has 4 heteroatoms. The average molecular weight is 199 g/mol. The highest BCUT2D eigenvalue weighted by atomic mass is 79.9. The highest BCUT2D eigenvalue weighted by Crippen LogP contribution is 2.05. The molecule has 0 heterocycles. The van der Waals surface area contributed by atoms with Crippen LogP contribution in [0.4, 0.5) is 0 Å². The molecular weight excluding hydrogens is 195 g/mol. The van der Waals surface area contributed by atoms with Crippen molar-refractivity contribution in [2.45, 2.75) is 11.2 Å². The fraction of sp³-hybridized carbons (Fsp3) is 0.500. The van der Waals surface area contributed by atoms with E-state index in [1.54, 1.807) is 0 Å². The molecule has 0 N–H and O–H groups in total. The van der Waals surface area contributed by atoms with E-state index in [1.807, 2.05) is 0 Å². The summed E-state index contributed by atoms with van der Waals surface area (Å²) < 4.78 is -0.861. The maximum atomic E-state index is 10.3. The molecule has 0 aliphatic carbocycles. The van der Waals surface area contributed by atoms with E-state index in [0.29, 0.717) is 0 Å². The molecule has 0 aromatic heterocycles. The van der Waals surface area contributed by atoms with Gasteiger partial charge >= 0.3 is 0 Å². The monoisotopic (exact) mass is 198 g/mol. The van der Waals surface area contributed by atoms with Crippen LogP contribution in [0.2, 0.25) is 0 Å². The molecule has 0 fully saturated rings. The van der Waals surface area contributed by atoms with Gasteiger partial charge in [-0.25, -0.2) is 0 Å². The van der Waals surface area contributed by atoms with E-state index in [4.69, 9.17) is 11.6 Å². The van der Waals surface area contributed by atoms with Crippen LogP contribution in [-0.4, -0.2) is 15.9 Å². The van der Waals surface area contributed by atoms with Crippen molar-refractivity contribution in [1.29, 1.82) is 0 Å². The summed E-state index contributed by atoms with van der Waals surface area (Å²) in [5.74, 6) is -1.13. The lowest BCUT2D eigenvalue weighted by atomic mass is 10.3. The van der Waals surface area contributed by atoms with Crippen molar-refractivity contribution in [2.75, 3.05) is 0 Å². The number of carbonyl (C=O) groups is 2. The van der Waals surface area contributed by atoms with E-state index >= 15 is 0 Å². The summed E-state index contributed by atoms with van der Waals surface area (Å²) in [6.45, 7) is 1.18. The van der Waals surface area contributed by atoms with E-state index in [2.05, 4.69) is 15.9 Å². The number of hydrogen-bond donors (Lipinski definition) is 0. The molecular formula is C4H4BrClO2. The van der Waals surface area contributed by atoms with Crippen molar-refractivity contribution < 1.29 is 9.59 Å². The van der Waals surface area contributed by atoms with Gasteiger partial charge in [-0.15, -0.1) is 11.6 Å². The number of alkyl halides is 2. The van der Waals surface area contributed by atoms with Gasteiger partial charge < -0.3 is 0 Å². The van der Waals surface area contributed by atoms with Crippen LogP contribution in [0.1, 0.15) is 6.92 Å². The Morgan fingerprint density at radius 1 is 1.62 bits per heavy atom. The Kier molecular flexibility index (Phi) is 3.24. The summed E-state index contributed by atoms with van der Waals surface area (Å²) >= 11 is 7.90. The lowest BCUT2D eigenvalue weighted by Gasteiger charge is -1.91. The van der Waals surface area contributed by atoms with Crippen molar-refractivity contribution in [2.24, 2.45) is 0 Å². The molecule has 0 rings (SSSR count). The number of rotatable bonds is 2. The Hall–Kier alpha value is 0.110. The van der Waals surface area contributed by atoms with E-state index in [0.717, 1.165) is 0 Å². The van der Waals surface area contributed by atoms with Crippen molar-refractivity contribution in [1.82, 2.24) is 0 Å². The minimum absolute atomic E-state index is 0.526. The first-order valence-electron chi connectivity index (χ1n) is 1.88. The van der Waals surface area contributed by atoms with Gasteiger partial charge in [0.05, 0.1) is 0 Å². The van der Waals surface area contributed by atoms with Crippen LogP contribution < -0.4 is 0 Å². The number of ketones is 2. The van der Waals surface area contributed by atoms with Gasteiger partial charge in [0.2, 0.25) is 5.78 Å². The highest BCUT2D eigenvalue weighted by molar-refractivity contribution is 9.10. The van der Waals surface area contributed by atoms with Gasteiger partial charge in [-0.3, -0.25) is 9.59 Å². The molecule has 0 bridgehead atoms. The summed E-state index contributed by atoms with van der Waals surface area (Å²) in [4.78, 5) is 20.4. The van der Waals surface area contributed by atoms with Crippen molar-refractivity contribution >= 4 is 39.1 Å². The molecule has 0 aromatic carbocycles. The van der Waals surface area contributed by atoms with E-state index in [-0.39, 0.29) is 0 Å². The second kappa shape index (κ2) is 3.20. The molecule has 0 saturated heterocycles. The SMILES string of the molecule is CC(=O)C(=O)C(Cl)Br. The Morgan fingerprint density at radius 2 is 2.00 bits per heavy atom. The largest absolute Gasteiger partial charge is 0.291 e. The van der Waals surface area contributed by atoms with Crippen LogP contribution in [0.25, 0.3) is 0 Å². The molecule has 0 aliphatic rings. The van der Waals surface area contributed by atoms with Crippen LogP contribution in [0.5, 0.6) is 0 Å². The van der Waals surface area contributed by atoms with E-state index in [1.165, 1.54) is 6.92 Å². The first-order valence-corrected chi connectivity index (χ1v) is 3.24. The molecule has 0 radical (unpaired) electrons. The molecule has 0 amide bonds. The number of hydrogen-bond acceptors (Lipinski definition) is 2. The predicted octanol–water partition coefficient (Wildman–Crippen LogP) is 1.10. The average Bonchev–Trinajstić information content (AvgIpc) is 1.64. The lowest BCUT2D eigenvalue weighted by molar-refractivity contribution is -0.134. The van der Waals surface area contributed by atoms with E-state index in [9.17, 15) is 9.59 Å². The zero-order valence-corrected chi connectivity index (χ0v) is 6.49. The fourth-order valence-corrected chi connectivity index (χ4v) is 0.630. The normalized spacial score (nSPS) is 12.9. The van der Waals surface area contributed by atoms with Crippen LogP contribution in [-0.2, 0) is 9.59 Å². The van der Waals surface area contributed by atoms with Crippen LogP contribution in [0.3, 0.4) is 0 Å². The molecule has 1 unspecified atom stereocenters. The zero-order chi connectivity index (χ0) is 6.73. The number of halogens is 2. The van der Waals surface area contributed by atoms with Gasteiger partial charge in [-0.2, -0.15) is 0 Å². The fourth-order valence-electron chi connectivity index (χ4n) is 0.154. The Balaban J connectivity index is 3.84. The molecule has 0 aromatic rings. The zero-order valence-electron chi connectivity index (χ0n) is 4.15. The van der Waals surface area contributed by atoms with Gasteiger partial charge in [-0.1, -0.05) is 15.9 Å². The molecule has 8 heavy (non-hydrogen) atoms. The van der Waals surface area contributed by atoms with Crippen LogP contribution in [0, 0.1) is 0 Å². The van der Waals surface area contributed by atoms with Gasteiger partial charge in [0.1, 0.15) is 0 Å². The van der Waals surface area contributed by atoms with Gasteiger partial charge in [0, 0.05) is 6.92 Å². The molecule has 2 nitrogen and oxygen atoms in total. The number of Topliss-reactive ketones (excluding diaryl/α,β-unsaturated/α-hetero) is 2. The molecule has 1 atom stereocenters. The molecule has 0 spiro atoms. The summed E-state index contributed by atoms with van der Waals surface area (Å²) in [6, 6.07) is 0. The first-order chi connectivity index (χ1) is 3.55. The smallest absolute Gasteiger partial charge is 0.226 e. The second-order valence-corrected chi connectivity index (χ2v) is 3.10. The maximum Gasteiger partial charge on any atom is 0.226 e. The standard InChI is InChI=1S/C4H4BrClO2/c1-2(7)3(8)4(5)6/h4H,1H3. The molecule has 0 saturated carbocycles. The first kappa shape index (κ1) is 8.11. The third kappa shape index (κ3) is 2.43. The minimum Gasteiger partial charge on any atom is -0.291 e. The quantitative estimate of drug-likeness (QED) is 0.493. The van der Waals surface area contributed by atoms with Crippen molar-refractivity contribution in [3.63, 3.8) is 0 Å². The van der Waals surface area contributed by atoms with Crippen LogP contribution in [0.15, 0.2) is 0 Å². The Morgan fingerprint density at radius 3 is 2.00 bits per heavy atom. The predicted molar refractivity (Wildman–Crippen MR) is 34.3 cm³/mol. The highest BCUT2D eigenvalue weighted by Gasteiger charge is 2.14. The molecule has 46 valence electrons. The Labute approximate surface area is 60.3 Å². The topological polar surface area (TPSA) is 34.1 Å². The lowest BCUT2D eigenvalue weighted by Crippen LogP contribution is -2.15. The van der Waals surface area contributed by atoms with Gasteiger partial charge in [-0.05, 0) is 0 Å². The number of carbonyl (C=O) groups excluding carboxylic acids is 2. The maximum absolute atomic E-state index is 10.3. The van der Waals surface area contributed by atoms with E-state index < -0.39 is 15.9 Å². The Bertz CT molecular complexity index is 121. The third-order valence-corrected chi connectivity index (χ3v) is 1.16. The third-order valence-electron chi connectivity index (χ3n) is 0.545. The van der Waals surface area contributed by atoms with Gasteiger partial charge in [0.25, 0.3) is 0 Å². The van der Waals surface area contributed by atoms with Crippen LogP contribution >= 0.6 is 27.5 Å². The molecule has 0 aliphatic heterocycles. The summed E-state index contributed by atoms with van der Waals surface area (Å²) in [7, 11) is 0.